The van der Waals surface area contributed by atoms with Gasteiger partial charge in [-0.2, -0.15) is 0 Å². The van der Waals surface area contributed by atoms with Crippen LogP contribution in [0.1, 0.15) is 5.56 Å². The molecule has 0 bridgehead atoms. The van der Waals surface area contributed by atoms with Crippen molar-refractivity contribution in [1.29, 1.82) is 0 Å². The van der Waals surface area contributed by atoms with Gasteiger partial charge in [0, 0.05) is 9.13 Å². The van der Waals surface area contributed by atoms with E-state index in [0.29, 0.717) is 21.3 Å². The predicted molar refractivity (Wildman–Crippen MR) is 89.7 cm³/mol. The standard InChI is InChI=1S/C13H9ClFIN2S/c14-9-5-7(13(17)19)1-3-11(9)18-12-4-2-8(15)6-10(12)16/h1-6,18H,(H2,17,19). The summed E-state index contributed by atoms with van der Waals surface area (Å²) < 4.78 is 13.8. The highest BCUT2D eigenvalue weighted by Gasteiger charge is 2.06. The van der Waals surface area contributed by atoms with E-state index in [0.717, 1.165) is 9.26 Å². The number of nitrogens with two attached hydrogens (primary N) is 1. The van der Waals surface area contributed by atoms with Gasteiger partial charge in [-0.25, -0.2) is 4.39 Å². The number of anilines is 2. The van der Waals surface area contributed by atoms with Crippen molar-refractivity contribution in [2.45, 2.75) is 0 Å². The highest BCUT2D eigenvalue weighted by molar-refractivity contribution is 14.1. The Morgan fingerprint density at radius 1 is 1.21 bits per heavy atom. The van der Waals surface area contributed by atoms with E-state index in [1.54, 1.807) is 24.3 Å². The normalized spacial score (nSPS) is 10.3. The van der Waals surface area contributed by atoms with E-state index in [4.69, 9.17) is 29.6 Å². The molecule has 0 saturated carbocycles. The van der Waals surface area contributed by atoms with Gasteiger partial charge in [0.25, 0.3) is 0 Å². The van der Waals surface area contributed by atoms with Crippen LogP contribution < -0.4 is 11.1 Å². The lowest BCUT2D eigenvalue weighted by Gasteiger charge is -2.11. The van der Waals surface area contributed by atoms with Gasteiger partial charge in [0.15, 0.2) is 0 Å². The molecule has 6 heteroatoms. The number of thiocarbonyl (C=S) groups is 1. The fourth-order valence-electron chi connectivity index (χ4n) is 1.51. The van der Waals surface area contributed by atoms with E-state index in [2.05, 4.69) is 27.9 Å². The summed E-state index contributed by atoms with van der Waals surface area (Å²) in [6, 6.07) is 9.77. The molecule has 2 aromatic rings. The van der Waals surface area contributed by atoms with Gasteiger partial charge in [-0.05, 0) is 59.0 Å². The van der Waals surface area contributed by atoms with E-state index >= 15 is 0 Å². The number of hydrogen-bond donors (Lipinski definition) is 2. The molecule has 0 amide bonds. The van der Waals surface area contributed by atoms with Gasteiger partial charge in [0.2, 0.25) is 0 Å². The van der Waals surface area contributed by atoms with Gasteiger partial charge in [-0.3, -0.25) is 0 Å². The number of nitrogens with one attached hydrogen (secondary N) is 1. The van der Waals surface area contributed by atoms with Crippen molar-refractivity contribution < 1.29 is 4.39 Å². The number of rotatable bonds is 3. The second kappa shape index (κ2) is 6.02. The zero-order chi connectivity index (χ0) is 14.0. The van der Waals surface area contributed by atoms with Crippen molar-refractivity contribution in [2.75, 3.05) is 5.32 Å². The Morgan fingerprint density at radius 3 is 2.47 bits per heavy atom. The van der Waals surface area contributed by atoms with Crippen LogP contribution in [0.5, 0.6) is 0 Å². The third-order valence-electron chi connectivity index (χ3n) is 2.45. The quantitative estimate of drug-likeness (QED) is 0.584. The number of benzene rings is 2. The smallest absolute Gasteiger partial charge is 0.124 e. The molecule has 0 aliphatic heterocycles. The molecule has 0 aliphatic carbocycles. The Kier molecular flexibility index (Phi) is 4.59. The van der Waals surface area contributed by atoms with Crippen molar-refractivity contribution in [1.82, 2.24) is 0 Å². The van der Waals surface area contributed by atoms with Crippen LogP contribution in [0.2, 0.25) is 5.02 Å². The SMILES string of the molecule is NC(=S)c1ccc(Nc2ccc(F)cc2I)c(Cl)c1. The second-order valence-corrected chi connectivity index (χ2v) is 5.82. The van der Waals surface area contributed by atoms with E-state index in [1.807, 2.05) is 0 Å². The third kappa shape index (κ3) is 3.55. The van der Waals surface area contributed by atoms with Crippen molar-refractivity contribution in [2.24, 2.45) is 5.73 Å². The molecule has 2 aromatic carbocycles. The molecule has 0 saturated heterocycles. The van der Waals surface area contributed by atoms with Crippen LogP contribution in [-0.2, 0) is 0 Å². The summed E-state index contributed by atoms with van der Waals surface area (Å²) in [6.45, 7) is 0. The van der Waals surface area contributed by atoms with E-state index < -0.39 is 0 Å². The van der Waals surface area contributed by atoms with Gasteiger partial charge in [0.1, 0.15) is 10.8 Å². The summed E-state index contributed by atoms with van der Waals surface area (Å²) in [5.41, 5.74) is 7.74. The van der Waals surface area contributed by atoms with Crippen LogP contribution in [0.25, 0.3) is 0 Å². The average molecular weight is 407 g/mol. The number of hydrogen-bond acceptors (Lipinski definition) is 2. The zero-order valence-electron chi connectivity index (χ0n) is 9.58. The minimum absolute atomic E-state index is 0.273. The predicted octanol–water partition coefficient (Wildman–Crippen LogP) is 4.46. The molecule has 0 atom stereocenters. The summed E-state index contributed by atoms with van der Waals surface area (Å²) >= 11 is 13.1. The second-order valence-electron chi connectivity index (χ2n) is 3.81. The molecule has 0 radical (unpaired) electrons. The highest BCUT2D eigenvalue weighted by Crippen LogP contribution is 2.29. The Labute approximate surface area is 134 Å². The van der Waals surface area contributed by atoms with Crippen LogP contribution in [0.3, 0.4) is 0 Å². The van der Waals surface area contributed by atoms with Crippen molar-refractivity contribution in [3.8, 4) is 0 Å². The number of halogens is 3. The third-order valence-corrected chi connectivity index (χ3v) is 3.89. The zero-order valence-corrected chi connectivity index (χ0v) is 13.3. The monoisotopic (exact) mass is 406 g/mol. The molecule has 0 aliphatic rings. The van der Waals surface area contributed by atoms with Crippen molar-refractivity contribution >= 4 is 62.8 Å². The Morgan fingerprint density at radius 2 is 1.89 bits per heavy atom. The summed E-state index contributed by atoms with van der Waals surface area (Å²) in [4.78, 5) is 0.296. The van der Waals surface area contributed by atoms with Crippen molar-refractivity contribution in [3.05, 3.63) is 56.4 Å². The average Bonchev–Trinajstić information content (AvgIpc) is 2.34. The first kappa shape index (κ1) is 14.5. The largest absolute Gasteiger partial charge is 0.389 e. The fourth-order valence-corrected chi connectivity index (χ4v) is 2.47. The van der Waals surface area contributed by atoms with Gasteiger partial charge >= 0.3 is 0 Å². The molecular weight excluding hydrogens is 398 g/mol. The molecule has 2 rings (SSSR count). The molecule has 3 N–H and O–H groups in total. The lowest BCUT2D eigenvalue weighted by molar-refractivity contribution is 0.627. The van der Waals surface area contributed by atoms with Gasteiger partial charge in [-0.15, -0.1) is 0 Å². The van der Waals surface area contributed by atoms with Crippen LogP contribution in [0, 0.1) is 9.39 Å². The fraction of sp³-hybridized carbons (Fsp3) is 0. The minimum Gasteiger partial charge on any atom is -0.389 e. The Balaban J connectivity index is 2.31. The van der Waals surface area contributed by atoms with Gasteiger partial charge in [0.05, 0.1) is 16.4 Å². The van der Waals surface area contributed by atoms with Crippen molar-refractivity contribution in [3.63, 3.8) is 0 Å². The first-order chi connectivity index (χ1) is 8.97. The molecular formula is C13H9ClFIN2S. The van der Waals surface area contributed by atoms with E-state index in [1.165, 1.54) is 12.1 Å². The van der Waals surface area contributed by atoms with Crippen LogP contribution >= 0.6 is 46.4 Å². The highest BCUT2D eigenvalue weighted by atomic mass is 127. The molecule has 19 heavy (non-hydrogen) atoms. The Bertz CT molecular complexity index is 649. The molecule has 0 fully saturated rings. The maximum absolute atomic E-state index is 13.0. The first-order valence-corrected chi connectivity index (χ1v) is 7.15. The van der Waals surface area contributed by atoms with E-state index in [9.17, 15) is 4.39 Å². The van der Waals surface area contributed by atoms with Crippen LogP contribution in [0.15, 0.2) is 36.4 Å². The van der Waals surface area contributed by atoms with Crippen LogP contribution in [0.4, 0.5) is 15.8 Å². The lowest BCUT2D eigenvalue weighted by Crippen LogP contribution is -2.09. The molecule has 98 valence electrons. The first-order valence-electron chi connectivity index (χ1n) is 5.29. The summed E-state index contributed by atoms with van der Waals surface area (Å²) in [7, 11) is 0. The molecule has 0 aromatic heterocycles. The molecule has 0 spiro atoms. The maximum Gasteiger partial charge on any atom is 0.124 e. The van der Waals surface area contributed by atoms with E-state index in [-0.39, 0.29) is 5.82 Å². The molecule has 0 unspecified atom stereocenters. The maximum atomic E-state index is 13.0. The molecule has 2 nitrogen and oxygen atoms in total. The van der Waals surface area contributed by atoms with Crippen LogP contribution in [-0.4, -0.2) is 4.99 Å². The van der Waals surface area contributed by atoms with Gasteiger partial charge < -0.3 is 11.1 Å². The lowest BCUT2D eigenvalue weighted by atomic mass is 10.2. The topological polar surface area (TPSA) is 38.0 Å². The summed E-state index contributed by atoms with van der Waals surface area (Å²) in [5, 5.41) is 3.65. The minimum atomic E-state index is -0.273. The van der Waals surface area contributed by atoms with Gasteiger partial charge in [-0.1, -0.05) is 23.8 Å². The Hall–Kier alpha value is -0.920. The summed E-state index contributed by atoms with van der Waals surface area (Å²) in [6.07, 6.45) is 0. The summed E-state index contributed by atoms with van der Waals surface area (Å²) in [5.74, 6) is -0.273. The molecule has 0 heterocycles.